The molecule has 0 amide bonds. The first kappa shape index (κ1) is 6.43. The van der Waals surface area contributed by atoms with Crippen molar-refractivity contribution in [1.29, 1.82) is 0 Å². The van der Waals surface area contributed by atoms with Crippen LogP contribution in [0.1, 0.15) is 19.8 Å². The molecular weight excluding hydrogens is 118 g/mol. The molecule has 0 bridgehead atoms. The predicted molar refractivity (Wildman–Crippen MR) is 38.9 cm³/mol. The number of hydrogen-bond donors (Lipinski definition) is 0. The van der Waals surface area contributed by atoms with Crippen molar-refractivity contribution in [3.8, 4) is 0 Å². The maximum Gasteiger partial charge on any atom is 0.0171 e. The van der Waals surface area contributed by atoms with Crippen molar-refractivity contribution < 1.29 is 0 Å². The lowest BCUT2D eigenvalue weighted by molar-refractivity contribution is 0.393. The first-order chi connectivity index (χ1) is 3.80. The Kier molecular flexibility index (Phi) is 2.20. The lowest BCUT2D eigenvalue weighted by Crippen LogP contribution is -2.26. The van der Waals surface area contributed by atoms with Crippen LogP contribution in [0.2, 0.25) is 0 Å². The van der Waals surface area contributed by atoms with Gasteiger partial charge in [0.05, 0.1) is 0 Å². The van der Waals surface area contributed by atoms with E-state index in [1.165, 1.54) is 18.6 Å². The van der Waals surface area contributed by atoms with E-state index < -0.39 is 0 Å². The van der Waals surface area contributed by atoms with Gasteiger partial charge in [-0.25, -0.2) is 0 Å². The maximum absolute atomic E-state index is 2.35. The zero-order chi connectivity index (χ0) is 5.98. The molecule has 0 aliphatic carbocycles. The minimum atomic E-state index is 0.800. The average Bonchev–Trinajstić information content (AvgIpc) is 1.77. The molecule has 0 saturated carbocycles. The molecule has 0 aromatic rings. The molecular formula is C6H13NS. The van der Waals surface area contributed by atoms with Crippen molar-refractivity contribution >= 4 is 11.9 Å². The summed E-state index contributed by atoms with van der Waals surface area (Å²) >= 11 is 1.96. The van der Waals surface area contributed by atoms with Gasteiger partial charge in [-0.15, -0.1) is 0 Å². The Morgan fingerprint density at radius 1 is 1.62 bits per heavy atom. The van der Waals surface area contributed by atoms with E-state index in [4.69, 9.17) is 0 Å². The van der Waals surface area contributed by atoms with Crippen molar-refractivity contribution in [1.82, 2.24) is 4.31 Å². The lowest BCUT2D eigenvalue weighted by atomic mass is 10.2. The van der Waals surface area contributed by atoms with Gasteiger partial charge in [0.15, 0.2) is 0 Å². The highest BCUT2D eigenvalue weighted by atomic mass is 32.2. The van der Waals surface area contributed by atoms with Gasteiger partial charge in [0.1, 0.15) is 0 Å². The van der Waals surface area contributed by atoms with Gasteiger partial charge >= 0.3 is 0 Å². The van der Waals surface area contributed by atoms with Crippen LogP contribution in [0.25, 0.3) is 0 Å². The molecule has 1 aliphatic rings. The van der Waals surface area contributed by atoms with Gasteiger partial charge < -0.3 is 0 Å². The molecule has 1 saturated heterocycles. The van der Waals surface area contributed by atoms with Crippen LogP contribution < -0.4 is 0 Å². The molecule has 1 rings (SSSR count). The topological polar surface area (TPSA) is 3.24 Å². The number of hydrogen-bond acceptors (Lipinski definition) is 2. The fourth-order valence-corrected chi connectivity index (χ4v) is 1.84. The second-order valence-corrected chi connectivity index (χ2v) is 3.61. The Bertz CT molecular complexity index is 64.9. The highest BCUT2D eigenvalue weighted by Crippen LogP contribution is 2.22. The Morgan fingerprint density at radius 3 is 2.75 bits per heavy atom. The van der Waals surface area contributed by atoms with Crippen LogP contribution in [0.15, 0.2) is 0 Å². The summed E-state index contributed by atoms with van der Waals surface area (Å²) in [5.41, 5.74) is 0. The van der Waals surface area contributed by atoms with Gasteiger partial charge in [-0.05, 0) is 26.8 Å². The Balaban J connectivity index is 2.28. The van der Waals surface area contributed by atoms with E-state index in [0.717, 1.165) is 6.04 Å². The second-order valence-electron chi connectivity index (χ2n) is 2.37. The van der Waals surface area contributed by atoms with Gasteiger partial charge in [-0.2, -0.15) is 0 Å². The van der Waals surface area contributed by atoms with Crippen LogP contribution in [-0.4, -0.2) is 23.1 Å². The van der Waals surface area contributed by atoms with Crippen molar-refractivity contribution in [3.63, 3.8) is 0 Å². The van der Waals surface area contributed by atoms with Gasteiger partial charge in [-0.1, -0.05) is 11.9 Å². The Hall–Kier alpha value is 0.310. The van der Waals surface area contributed by atoms with E-state index in [1.807, 2.05) is 11.9 Å². The standard InChI is InChI=1S/C6H13NS/c1-6-4-3-5-8-7(6)2/h6H,3-5H2,1-2H3. The third-order valence-electron chi connectivity index (χ3n) is 1.68. The van der Waals surface area contributed by atoms with E-state index in [1.54, 1.807) is 0 Å². The molecule has 0 radical (unpaired) electrons. The highest BCUT2D eigenvalue weighted by Gasteiger charge is 2.13. The van der Waals surface area contributed by atoms with Gasteiger partial charge in [0.25, 0.3) is 0 Å². The zero-order valence-corrected chi connectivity index (χ0v) is 6.37. The third kappa shape index (κ3) is 1.39. The van der Waals surface area contributed by atoms with E-state index in [-0.39, 0.29) is 0 Å². The third-order valence-corrected chi connectivity index (χ3v) is 2.92. The van der Waals surface area contributed by atoms with Crippen LogP contribution in [0.4, 0.5) is 0 Å². The summed E-state index contributed by atoms with van der Waals surface area (Å²) in [5.74, 6) is 1.32. The molecule has 0 aromatic carbocycles. The minimum absolute atomic E-state index is 0.800. The van der Waals surface area contributed by atoms with E-state index in [9.17, 15) is 0 Å². The molecule has 1 atom stereocenters. The molecule has 0 spiro atoms. The summed E-state index contributed by atoms with van der Waals surface area (Å²) in [6.07, 6.45) is 2.78. The van der Waals surface area contributed by atoms with Gasteiger partial charge in [0.2, 0.25) is 0 Å². The minimum Gasteiger partial charge on any atom is -0.251 e. The van der Waals surface area contributed by atoms with Crippen LogP contribution in [0.5, 0.6) is 0 Å². The molecule has 1 heterocycles. The van der Waals surface area contributed by atoms with Crippen molar-refractivity contribution in [2.24, 2.45) is 0 Å². The summed E-state index contributed by atoms with van der Waals surface area (Å²) in [6, 6.07) is 0.800. The summed E-state index contributed by atoms with van der Waals surface area (Å²) < 4.78 is 2.35. The summed E-state index contributed by atoms with van der Waals surface area (Å²) in [5, 5.41) is 0. The van der Waals surface area contributed by atoms with Crippen LogP contribution in [-0.2, 0) is 0 Å². The molecule has 1 aliphatic heterocycles. The van der Waals surface area contributed by atoms with Crippen LogP contribution in [0.3, 0.4) is 0 Å². The molecule has 0 aromatic heterocycles. The molecule has 48 valence electrons. The number of rotatable bonds is 0. The Labute approximate surface area is 55.6 Å². The summed E-state index contributed by atoms with van der Waals surface area (Å²) in [7, 11) is 2.18. The van der Waals surface area contributed by atoms with Crippen LogP contribution in [0, 0.1) is 0 Å². The zero-order valence-electron chi connectivity index (χ0n) is 5.55. The quantitative estimate of drug-likeness (QED) is 0.461. The van der Waals surface area contributed by atoms with E-state index in [0.29, 0.717) is 0 Å². The first-order valence-corrected chi connectivity index (χ1v) is 4.10. The van der Waals surface area contributed by atoms with Gasteiger partial charge in [0, 0.05) is 11.8 Å². The average molecular weight is 131 g/mol. The second kappa shape index (κ2) is 2.74. The fraction of sp³-hybridized carbons (Fsp3) is 1.00. The molecule has 1 fully saturated rings. The van der Waals surface area contributed by atoms with Crippen molar-refractivity contribution in [2.45, 2.75) is 25.8 Å². The van der Waals surface area contributed by atoms with Crippen LogP contribution >= 0.6 is 11.9 Å². The Morgan fingerprint density at radius 2 is 2.38 bits per heavy atom. The normalized spacial score (nSPS) is 33.0. The molecule has 1 unspecified atom stereocenters. The van der Waals surface area contributed by atoms with E-state index in [2.05, 4.69) is 18.3 Å². The molecule has 2 heteroatoms. The molecule has 8 heavy (non-hydrogen) atoms. The fourth-order valence-electron chi connectivity index (χ4n) is 0.896. The first-order valence-electron chi connectivity index (χ1n) is 3.16. The highest BCUT2D eigenvalue weighted by molar-refractivity contribution is 7.97. The largest absolute Gasteiger partial charge is 0.251 e. The summed E-state index contributed by atoms with van der Waals surface area (Å²) in [6.45, 7) is 2.28. The SMILES string of the molecule is CC1CCCSN1C. The van der Waals surface area contributed by atoms with E-state index >= 15 is 0 Å². The van der Waals surface area contributed by atoms with Gasteiger partial charge in [-0.3, -0.25) is 4.31 Å². The smallest absolute Gasteiger partial charge is 0.0171 e. The molecule has 0 N–H and O–H groups in total. The monoisotopic (exact) mass is 131 g/mol. The lowest BCUT2D eigenvalue weighted by Gasteiger charge is -2.27. The van der Waals surface area contributed by atoms with Crippen molar-refractivity contribution in [2.75, 3.05) is 12.8 Å². The number of nitrogens with zero attached hydrogens (tertiary/aromatic N) is 1. The molecule has 1 nitrogen and oxygen atoms in total. The van der Waals surface area contributed by atoms with Crippen molar-refractivity contribution in [3.05, 3.63) is 0 Å². The maximum atomic E-state index is 2.35. The summed E-state index contributed by atoms with van der Waals surface area (Å²) in [4.78, 5) is 0. The predicted octanol–water partition coefficient (Wildman–Crippen LogP) is 1.75.